The van der Waals surface area contributed by atoms with Crippen LogP contribution in [0.3, 0.4) is 0 Å². The molecule has 2 heterocycles. The molecule has 1 saturated heterocycles. The zero-order valence-electron chi connectivity index (χ0n) is 21.2. The van der Waals surface area contributed by atoms with Gasteiger partial charge in [0.25, 0.3) is 5.91 Å². The van der Waals surface area contributed by atoms with E-state index in [1.54, 1.807) is 41.3 Å². The third-order valence-corrected chi connectivity index (χ3v) is 11.3. The lowest BCUT2D eigenvalue weighted by Crippen LogP contribution is -2.48. The van der Waals surface area contributed by atoms with Crippen molar-refractivity contribution in [3.8, 4) is 5.75 Å². The minimum absolute atomic E-state index is 0.0689. The molecular formula is C26H29N3O6S3. The highest BCUT2D eigenvalue weighted by Crippen LogP contribution is 2.45. The highest BCUT2D eigenvalue weighted by molar-refractivity contribution is 7.93. The fraction of sp³-hybridized carbons (Fsp3) is 0.385. The molecule has 1 aromatic heterocycles. The van der Waals surface area contributed by atoms with E-state index in [1.165, 1.54) is 18.3 Å². The lowest BCUT2D eigenvalue weighted by Gasteiger charge is -2.35. The van der Waals surface area contributed by atoms with Gasteiger partial charge in [0.2, 0.25) is 9.84 Å². The summed E-state index contributed by atoms with van der Waals surface area (Å²) in [4.78, 5) is 21.8. The lowest BCUT2D eigenvalue weighted by molar-refractivity contribution is 0.0740. The number of thiazole rings is 1. The van der Waals surface area contributed by atoms with E-state index < -0.39 is 19.7 Å². The number of carbonyl (C=O) groups excluding carboxylic acids is 1. The Balaban J connectivity index is 1.30. The second-order valence-electron chi connectivity index (χ2n) is 10.1. The molecule has 1 aliphatic heterocycles. The number of carbonyl (C=O) groups is 1. The summed E-state index contributed by atoms with van der Waals surface area (Å²) in [6, 6.07) is 12.7. The maximum atomic E-state index is 13.5. The summed E-state index contributed by atoms with van der Waals surface area (Å²) >= 11 is 1.11. The maximum Gasteiger partial charge on any atom is 0.257 e. The maximum absolute atomic E-state index is 13.5. The third-order valence-electron chi connectivity index (χ3n) is 6.92. The van der Waals surface area contributed by atoms with Crippen molar-refractivity contribution in [2.24, 2.45) is 5.41 Å². The van der Waals surface area contributed by atoms with Crippen LogP contribution in [0.2, 0.25) is 0 Å². The Morgan fingerprint density at radius 2 is 1.68 bits per heavy atom. The average Bonchev–Trinajstić information content (AvgIpc) is 3.43. The van der Waals surface area contributed by atoms with Crippen LogP contribution in [0.1, 0.15) is 30.1 Å². The van der Waals surface area contributed by atoms with Crippen molar-refractivity contribution in [1.29, 1.82) is 0 Å². The van der Waals surface area contributed by atoms with Crippen LogP contribution in [-0.4, -0.2) is 71.7 Å². The lowest BCUT2D eigenvalue weighted by atomic mass is 10.1. The zero-order chi connectivity index (χ0) is 27.1. The minimum atomic E-state index is -3.65. The van der Waals surface area contributed by atoms with Gasteiger partial charge in [-0.15, -0.1) is 0 Å². The predicted molar refractivity (Wildman–Crippen MR) is 145 cm³/mol. The summed E-state index contributed by atoms with van der Waals surface area (Å²) in [5, 5.41) is 0.576. The zero-order valence-corrected chi connectivity index (χ0v) is 23.6. The molecule has 2 aromatic carbocycles. The van der Waals surface area contributed by atoms with Gasteiger partial charge in [-0.1, -0.05) is 36.5 Å². The van der Waals surface area contributed by atoms with Gasteiger partial charge in [0.1, 0.15) is 9.96 Å². The number of sulfone groups is 2. The van der Waals surface area contributed by atoms with Gasteiger partial charge >= 0.3 is 0 Å². The van der Waals surface area contributed by atoms with E-state index in [9.17, 15) is 21.6 Å². The molecule has 202 valence electrons. The van der Waals surface area contributed by atoms with Gasteiger partial charge in [0.15, 0.2) is 15.0 Å². The van der Waals surface area contributed by atoms with Gasteiger partial charge in [-0.05, 0) is 43.2 Å². The van der Waals surface area contributed by atoms with E-state index in [1.807, 2.05) is 4.90 Å². The number of ether oxygens (including phenoxy) is 1. The Hall–Kier alpha value is -2.96. The Kier molecular flexibility index (Phi) is 6.99. The normalized spacial score (nSPS) is 17.3. The van der Waals surface area contributed by atoms with E-state index in [-0.39, 0.29) is 30.9 Å². The van der Waals surface area contributed by atoms with E-state index >= 15 is 0 Å². The molecule has 1 aliphatic carbocycles. The van der Waals surface area contributed by atoms with Crippen molar-refractivity contribution in [1.82, 2.24) is 9.88 Å². The van der Waals surface area contributed by atoms with Gasteiger partial charge < -0.3 is 14.5 Å². The fourth-order valence-corrected chi connectivity index (χ4v) is 7.39. The van der Waals surface area contributed by atoms with Gasteiger partial charge in [-0.3, -0.25) is 4.79 Å². The molecule has 1 amide bonds. The Bertz CT molecular complexity index is 1560. The topological polar surface area (TPSA) is 114 Å². The number of hydrogen-bond donors (Lipinski definition) is 0. The minimum Gasteiger partial charge on any atom is -0.492 e. The molecule has 12 heteroatoms. The largest absolute Gasteiger partial charge is 0.492 e. The number of rotatable bonds is 8. The number of benzene rings is 2. The van der Waals surface area contributed by atoms with Crippen molar-refractivity contribution >= 4 is 42.1 Å². The van der Waals surface area contributed by atoms with E-state index in [4.69, 9.17) is 4.74 Å². The molecule has 0 bridgehead atoms. The molecule has 0 atom stereocenters. The summed E-state index contributed by atoms with van der Waals surface area (Å²) < 4.78 is 56.3. The molecule has 38 heavy (non-hydrogen) atoms. The van der Waals surface area contributed by atoms with Crippen LogP contribution >= 0.6 is 11.3 Å². The third kappa shape index (κ3) is 5.57. The number of piperazine rings is 1. The number of aromatic nitrogens is 1. The van der Waals surface area contributed by atoms with E-state index in [0.717, 1.165) is 30.4 Å². The Morgan fingerprint density at radius 3 is 2.32 bits per heavy atom. The van der Waals surface area contributed by atoms with Gasteiger partial charge in [-0.2, -0.15) is 0 Å². The van der Waals surface area contributed by atoms with Gasteiger partial charge in [0.05, 0.1) is 28.2 Å². The van der Waals surface area contributed by atoms with Crippen molar-refractivity contribution in [3.05, 3.63) is 60.3 Å². The van der Waals surface area contributed by atoms with Crippen molar-refractivity contribution in [2.45, 2.75) is 33.8 Å². The first-order valence-corrected chi connectivity index (χ1v) is 16.4. The van der Waals surface area contributed by atoms with Gasteiger partial charge in [-0.25, -0.2) is 21.8 Å². The van der Waals surface area contributed by atoms with Crippen molar-refractivity contribution < 1.29 is 26.4 Å². The van der Waals surface area contributed by atoms with Crippen LogP contribution in [0.25, 0.3) is 0 Å². The molecular weight excluding hydrogens is 547 g/mol. The first kappa shape index (κ1) is 26.6. The highest BCUT2D eigenvalue weighted by atomic mass is 32.2. The fourth-order valence-electron chi connectivity index (χ4n) is 4.15. The molecule has 2 fully saturated rings. The van der Waals surface area contributed by atoms with Crippen LogP contribution in [0.4, 0.5) is 5.13 Å². The predicted octanol–water partition coefficient (Wildman–Crippen LogP) is 3.52. The van der Waals surface area contributed by atoms with Gasteiger partial charge in [0, 0.05) is 37.8 Å². The van der Waals surface area contributed by atoms with Crippen LogP contribution in [0, 0.1) is 5.41 Å². The standard InChI is InChI=1S/C26H29N3O6S3/c1-26(10-11-26)18-35-22-9-8-20(37(2,31)32)16-21(22)24(30)28-12-14-29(15-13-28)25-27-17-23(36-25)38(33,34)19-6-4-3-5-7-19/h3-9,16-17H,10-15,18H2,1-2H3. The van der Waals surface area contributed by atoms with E-state index in [2.05, 4.69) is 11.9 Å². The smallest absolute Gasteiger partial charge is 0.257 e. The number of anilines is 1. The summed E-state index contributed by atoms with van der Waals surface area (Å²) in [5.41, 5.74) is 0.332. The summed E-state index contributed by atoms with van der Waals surface area (Å²) in [7, 11) is -7.15. The molecule has 0 radical (unpaired) electrons. The molecule has 9 nitrogen and oxygen atoms in total. The molecule has 1 saturated carbocycles. The molecule has 3 aromatic rings. The average molecular weight is 576 g/mol. The SMILES string of the molecule is CC1(COc2ccc(S(C)(=O)=O)cc2C(=O)N2CCN(c3ncc(S(=O)(=O)c4ccccc4)s3)CC2)CC1. The number of hydrogen-bond acceptors (Lipinski definition) is 9. The summed E-state index contributed by atoms with van der Waals surface area (Å²) in [5.74, 6) is 0.0891. The number of amides is 1. The van der Waals surface area contributed by atoms with Crippen LogP contribution in [0.15, 0.2) is 68.7 Å². The van der Waals surface area contributed by atoms with Crippen LogP contribution in [0.5, 0.6) is 5.75 Å². The Morgan fingerprint density at radius 1 is 1.00 bits per heavy atom. The highest BCUT2D eigenvalue weighted by Gasteiger charge is 2.38. The quantitative estimate of drug-likeness (QED) is 0.401. The number of nitrogens with zero attached hydrogens (tertiary/aromatic N) is 3. The molecule has 5 rings (SSSR count). The molecule has 0 spiro atoms. The monoisotopic (exact) mass is 575 g/mol. The summed E-state index contributed by atoms with van der Waals surface area (Å²) in [6.45, 7) is 4.26. The van der Waals surface area contributed by atoms with Crippen molar-refractivity contribution in [2.75, 3.05) is 43.9 Å². The van der Waals surface area contributed by atoms with Crippen LogP contribution < -0.4 is 9.64 Å². The summed E-state index contributed by atoms with van der Waals surface area (Å²) in [6.07, 6.45) is 4.61. The molecule has 0 N–H and O–H groups in total. The van der Waals surface area contributed by atoms with E-state index in [0.29, 0.717) is 43.7 Å². The molecule has 0 unspecified atom stereocenters. The Labute approximate surface area is 226 Å². The first-order valence-electron chi connectivity index (χ1n) is 12.2. The second kappa shape index (κ2) is 9.97. The second-order valence-corrected chi connectivity index (χ2v) is 15.3. The van der Waals surface area contributed by atoms with Crippen LogP contribution in [-0.2, 0) is 19.7 Å². The van der Waals surface area contributed by atoms with Crippen molar-refractivity contribution in [3.63, 3.8) is 0 Å². The first-order chi connectivity index (χ1) is 18.0. The molecule has 2 aliphatic rings.